The van der Waals surface area contributed by atoms with E-state index < -0.39 is 0 Å². The molecule has 0 aromatic carbocycles. The van der Waals surface area contributed by atoms with Crippen molar-refractivity contribution in [1.29, 1.82) is 0 Å². The number of aryl methyl sites for hydroxylation is 1. The van der Waals surface area contributed by atoms with E-state index in [1.165, 1.54) is 25.7 Å². The first-order valence-corrected chi connectivity index (χ1v) is 8.21. The highest BCUT2D eigenvalue weighted by atomic mass is 16.5. The summed E-state index contributed by atoms with van der Waals surface area (Å²) < 4.78 is 5.54. The van der Waals surface area contributed by atoms with Crippen LogP contribution in [-0.4, -0.2) is 42.3 Å². The molecule has 1 aromatic rings. The van der Waals surface area contributed by atoms with Crippen molar-refractivity contribution in [2.45, 2.75) is 45.6 Å². The lowest BCUT2D eigenvalue weighted by Gasteiger charge is -2.34. The van der Waals surface area contributed by atoms with Gasteiger partial charge < -0.3 is 15.0 Å². The maximum absolute atomic E-state index is 5.54. The molecule has 0 amide bonds. The Morgan fingerprint density at radius 2 is 2.19 bits per heavy atom. The summed E-state index contributed by atoms with van der Waals surface area (Å²) in [5, 5.41) is 3.66. The third-order valence-electron chi connectivity index (χ3n) is 4.21. The number of nitrogens with zero attached hydrogens (tertiary/aromatic N) is 3. The molecule has 2 heterocycles. The van der Waals surface area contributed by atoms with Crippen LogP contribution in [0.2, 0.25) is 0 Å². The van der Waals surface area contributed by atoms with Gasteiger partial charge in [-0.1, -0.05) is 0 Å². The molecule has 1 aromatic heterocycles. The molecule has 1 saturated heterocycles. The standard InChI is InChI=1S/C16H26N4O/c1-3-21-16-9-15(18-12(2)19-16)20-8-4-5-13(11-20)10-17-14-6-7-14/h9,13-14,17H,3-8,10-11H2,1-2H3. The van der Waals surface area contributed by atoms with Gasteiger partial charge in [-0.05, 0) is 52.0 Å². The molecule has 5 heteroatoms. The normalized spacial score (nSPS) is 22.4. The highest BCUT2D eigenvalue weighted by Gasteiger charge is 2.25. The first kappa shape index (κ1) is 14.6. The topological polar surface area (TPSA) is 50.3 Å². The third-order valence-corrected chi connectivity index (χ3v) is 4.21. The van der Waals surface area contributed by atoms with Crippen LogP contribution in [0, 0.1) is 12.8 Å². The van der Waals surface area contributed by atoms with Crippen molar-refractivity contribution in [3.8, 4) is 5.88 Å². The Kier molecular flexibility index (Phi) is 4.58. The number of anilines is 1. The third kappa shape index (κ3) is 4.06. The van der Waals surface area contributed by atoms with E-state index in [4.69, 9.17) is 4.74 Å². The lowest BCUT2D eigenvalue weighted by molar-refractivity contribution is 0.324. The number of nitrogens with one attached hydrogen (secondary N) is 1. The second kappa shape index (κ2) is 6.60. The van der Waals surface area contributed by atoms with Crippen molar-refractivity contribution in [2.24, 2.45) is 5.92 Å². The lowest BCUT2D eigenvalue weighted by atomic mass is 9.98. The van der Waals surface area contributed by atoms with Crippen LogP contribution in [0.1, 0.15) is 38.4 Å². The van der Waals surface area contributed by atoms with Crippen molar-refractivity contribution in [3.63, 3.8) is 0 Å². The van der Waals surface area contributed by atoms with Gasteiger partial charge in [0.15, 0.2) is 0 Å². The van der Waals surface area contributed by atoms with Gasteiger partial charge in [0.2, 0.25) is 5.88 Å². The number of ether oxygens (including phenoxy) is 1. The molecule has 2 aliphatic rings. The van der Waals surface area contributed by atoms with Gasteiger partial charge in [0.1, 0.15) is 11.6 Å². The minimum atomic E-state index is 0.643. The van der Waals surface area contributed by atoms with Gasteiger partial charge >= 0.3 is 0 Å². The summed E-state index contributed by atoms with van der Waals surface area (Å²) in [6.45, 7) is 7.87. The van der Waals surface area contributed by atoms with Crippen LogP contribution in [-0.2, 0) is 0 Å². The Balaban J connectivity index is 1.63. The van der Waals surface area contributed by atoms with Gasteiger partial charge in [0.05, 0.1) is 6.61 Å². The van der Waals surface area contributed by atoms with E-state index in [9.17, 15) is 0 Å². The molecular formula is C16H26N4O. The van der Waals surface area contributed by atoms with E-state index >= 15 is 0 Å². The molecule has 3 rings (SSSR count). The fourth-order valence-corrected chi connectivity index (χ4v) is 2.97. The maximum Gasteiger partial charge on any atom is 0.218 e. The highest BCUT2D eigenvalue weighted by molar-refractivity contribution is 5.42. The lowest BCUT2D eigenvalue weighted by Crippen LogP contribution is -2.40. The number of rotatable bonds is 6. The van der Waals surface area contributed by atoms with Crippen LogP contribution in [0.15, 0.2) is 6.07 Å². The molecule has 21 heavy (non-hydrogen) atoms. The van der Waals surface area contributed by atoms with Gasteiger partial charge in [-0.3, -0.25) is 0 Å². The van der Waals surface area contributed by atoms with Crippen molar-refractivity contribution in [1.82, 2.24) is 15.3 Å². The van der Waals surface area contributed by atoms with Crippen LogP contribution in [0.3, 0.4) is 0 Å². The Hall–Kier alpha value is -1.36. The number of aromatic nitrogens is 2. The van der Waals surface area contributed by atoms with Crippen molar-refractivity contribution in [3.05, 3.63) is 11.9 Å². The number of hydrogen-bond acceptors (Lipinski definition) is 5. The molecule has 1 N–H and O–H groups in total. The Labute approximate surface area is 127 Å². The zero-order chi connectivity index (χ0) is 14.7. The van der Waals surface area contributed by atoms with E-state index in [0.717, 1.165) is 43.2 Å². The van der Waals surface area contributed by atoms with E-state index in [-0.39, 0.29) is 0 Å². The number of hydrogen-bond donors (Lipinski definition) is 1. The largest absolute Gasteiger partial charge is 0.478 e. The Morgan fingerprint density at radius 1 is 1.33 bits per heavy atom. The monoisotopic (exact) mass is 290 g/mol. The van der Waals surface area contributed by atoms with Gasteiger partial charge in [0.25, 0.3) is 0 Å². The predicted molar refractivity (Wildman–Crippen MR) is 83.9 cm³/mol. The van der Waals surface area contributed by atoms with Gasteiger partial charge in [0, 0.05) is 25.2 Å². The van der Waals surface area contributed by atoms with Crippen molar-refractivity contribution >= 4 is 5.82 Å². The fraction of sp³-hybridized carbons (Fsp3) is 0.750. The average Bonchev–Trinajstić information content (AvgIpc) is 3.29. The summed E-state index contributed by atoms with van der Waals surface area (Å²) in [5.74, 6) is 3.22. The Bertz CT molecular complexity index is 475. The maximum atomic E-state index is 5.54. The summed E-state index contributed by atoms with van der Waals surface area (Å²) in [6, 6.07) is 2.78. The molecule has 0 spiro atoms. The summed E-state index contributed by atoms with van der Waals surface area (Å²) in [7, 11) is 0. The minimum absolute atomic E-state index is 0.643. The van der Waals surface area contributed by atoms with Gasteiger partial charge in [-0.2, -0.15) is 4.98 Å². The van der Waals surface area contributed by atoms with E-state index in [1.54, 1.807) is 0 Å². The second-order valence-electron chi connectivity index (χ2n) is 6.18. The molecule has 116 valence electrons. The zero-order valence-electron chi connectivity index (χ0n) is 13.1. The number of piperidine rings is 1. The molecule has 1 unspecified atom stereocenters. The van der Waals surface area contributed by atoms with E-state index in [0.29, 0.717) is 12.5 Å². The van der Waals surface area contributed by atoms with Crippen LogP contribution in [0.25, 0.3) is 0 Å². The molecule has 2 fully saturated rings. The average molecular weight is 290 g/mol. The van der Waals surface area contributed by atoms with Gasteiger partial charge in [-0.15, -0.1) is 0 Å². The molecule has 0 radical (unpaired) electrons. The second-order valence-corrected chi connectivity index (χ2v) is 6.18. The van der Waals surface area contributed by atoms with Crippen LogP contribution < -0.4 is 15.0 Å². The SMILES string of the molecule is CCOc1cc(N2CCCC(CNC3CC3)C2)nc(C)n1. The minimum Gasteiger partial charge on any atom is -0.478 e. The first-order valence-electron chi connectivity index (χ1n) is 8.21. The fourth-order valence-electron chi connectivity index (χ4n) is 2.97. The molecule has 1 atom stereocenters. The van der Waals surface area contributed by atoms with Crippen molar-refractivity contribution in [2.75, 3.05) is 31.1 Å². The van der Waals surface area contributed by atoms with Crippen molar-refractivity contribution < 1.29 is 4.74 Å². The summed E-state index contributed by atoms with van der Waals surface area (Å²) >= 11 is 0. The van der Waals surface area contributed by atoms with Gasteiger partial charge in [-0.25, -0.2) is 4.98 Å². The van der Waals surface area contributed by atoms with Crippen LogP contribution in [0.4, 0.5) is 5.82 Å². The molecule has 0 bridgehead atoms. The first-order chi connectivity index (χ1) is 10.2. The molecule has 5 nitrogen and oxygen atoms in total. The zero-order valence-corrected chi connectivity index (χ0v) is 13.1. The molecule has 1 saturated carbocycles. The quantitative estimate of drug-likeness (QED) is 0.870. The van der Waals surface area contributed by atoms with Crippen LogP contribution >= 0.6 is 0 Å². The molecular weight excluding hydrogens is 264 g/mol. The predicted octanol–water partition coefficient (Wildman–Crippen LogP) is 2.15. The molecule has 1 aliphatic carbocycles. The highest BCUT2D eigenvalue weighted by Crippen LogP contribution is 2.25. The summed E-state index contributed by atoms with van der Waals surface area (Å²) in [6.07, 6.45) is 5.28. The van der Waals surface area contributed by atoms with E-state index in [2.05, 4.69) is 20.2 Å². The Morgan fingerprint density at radius 3 is 2.95 bits per heavy atom. The van der Waals surface area contributed by atoms with Crippen LogP contribution in [0.5, 0.6) is 5.88 Å². The summed E-state index contributed by atoms with van der Waals surface area (Å²) in [4.78, 5) is 11.3. The molecule has 1 aliphatic heterocycles. The summed E-state index contributed by atoms with van der Waals surface area (Å²) in [5.41, 5.74) is 0. The van der Waals surface area contributed by atoms with E-state index in [1.807, 2.05) is 19.9 Å². The smallest absolute Gasteiger partial charge is 0.218 e.